The van der Waals surface area contributed by atoms with Crippen molar-refractivity contribution in [2.45, 2.75) is 0 Å². The predicted octanol–water partition coefficient (Wildman–Crippen LogP) is 3.68. The summed E-state index contributed by atoms with van der Waals surface area (Å²) in [6, 6.07) is 8.43. The van der Waals surface area contributed by atoms with Crippen molar-refractivity contribution in [3.8, 4) is 0 Å². The third kappa shape index (κ3) is 4.04. The number of hydrogen-bond acceptors (Lipinski definition) is 8. The molecule has 156 valence electrons. The van der Waals surface area contributed by atoms with Gasteiger partial charge in [-0.3, -0.25) is 4.98 Å². The summed E-state index contributed by atoms with van der Waals surface area (Å²) in [7, 11) is 0. The molecule has 0 radical (unpaired) electrons. The molecule has 1 fully saturated rings. The summed E-state index contributed by atoms with van der Waals surface area (Å²) in [5.41, 5.74) is 2.97. The fourth-order valence-corrected chi connectivity index (χ4v) is 3.70. The van der Waals surface area contributed by atoms with E-state index in [0.717, 1.165) is 31.9 Å². The van der Waals surface area contributed by atoms with E-state index in [1.54, 1.807) is 24.7 Å². The molecule has 0 bridgehead atoms. The second kappa shape index (κ2) is 8.27. The zero-order chi connectivity index (χ0) is 21.2. The van der Waals surface area contributed by atoms with Crippen LogP contribution in [0.25, 0.3) is 11.0 Å². The molecule has 4 aromatic rings. The number of nitrogens with zero attached hydrogens (tertiary/aromatic N) is 7. The van der Waals surface area contributed by atoms with Gasteiger partial charge in [0.25, 0.3) is 0 Å². The summed E-state index contributed by atoms with van der Waals surface area (Å²) in [4.78, 5) is 26.3. The van der Waals surface area contributed by atoms with Gasteiger partial charge in [-0.2, -0.15) is 0 Å². The largest absolute Gasteiger partial charge is 0.368 e. The van der Waals surface area contributed by atoms with E-state index in [2.05, 4.69) is 35.1 Å². The first-order valence-electron chi connectivity index (χ1n) is 9.77. The SMILES string of the molecule is Fc1ccc(Nc2ncnc3cnc(N4CCN(c5ccncc5)CC4)nc23)cc1Cl. The summed E-state index contributed by atoms with van der Waals surface area (Å²) >= 11 is 5.89. The molecule has 0 saturated carbocycles. The molecule has 31 heavy (non-hydrogen) atoms. The van der Waals surface area contributed by atoms with Gasteiger partial charge < -0.3 is 15.1 Å². The van der Waals surface area contributed by atoms with E-state index < -0.39 is 5.82 Å². The molecule has 1 aliphatic heterocycles. The highest BCUT2D eigenvalue weighted by Gasteiger charge is 2.20. The third-order valence-electron chi connectivity index (χ3n) is 5.14. The molecule has 10 heteroatoms. The minimum atomic E-state index is -0.477. The van der Waals surface area contributed by atoms with Gasteiger partial charge in [-0.05, 0) is 30.3 Å². The smallest absolute Gasteiger partial charge is 0.226 e. The second-order valence-electron chi connectivity index (χ2n) is 7.06. The lowest BCUT2D eigenvalue weighted by atomic mass is 10.2. The van der Waals surface area contributed by atoms with Gasteiger partial charge in [0.2, 0.25) is 5.95 Å². The van der Waals surface area contributed by atoms with E-state index in [1.165, 1.54) is 18.5 Å². The normalized spacial score (nSPS) is 14.1. The van der Waals surface area contributed by atoms with Gasteiger partial charge in [-0.25, -0.2) is 24.3 Å². The molecule has 4 heterocycles. The number of anilines is 4. The number of hydrogen-bond donors (Lipinski definition) is 1. The van der Waals surface area contributed by atoms with Crippen LogP contribution in [0.15, 0.2) is 55.2 Å². The lowest BCUT2D eigenvalue weighted by Gasteiger charge is -2.36. The molecule has 0 atom stereocenters. The number of benzene rings is 1. The van der Waals surface area contributed by atoms with Crippen LogP contribution < -0.4 is 15.1 Å². The summed E-state index contributed by atoms with van der Waals surface area (Å²) in [6.45, 7) is 3.29. The quantitative estimate of drug-likeness (QED) is 0.518. The fourth-order valence-electron chi connectivity index (χ4n) is 3.52. The highest BCUT2D eigenvalue weighted by Crippen LogP contribution is 2.26. The average Bonchev–Trinajstić information content (AvgIpc) is 2.82. The molecular formula is C21H18ClFN8. The Labute approximate surface area is 182 Å². The minimum Gasteiger partial charge on any atom is -0.368 e. The zero-order valence-corrected chi connectivity index (χ0v) is 17.2. The van der Waals surface area contributed by atoms with Crippen molar-refractivity contribution in [1.82, 2.24) is 24.9 Å². The maximum atomic E-state index is 13.5. The molecule has 5 rings (SSSR count). The molecule has 3 aromatic heterocycles. The lowest BCUT2D eigenvalue weighted by Crippen LogP contribution is -2.47. The van der Waals surface area contributed by atoms with Gasteiger partial charge in [0.15, 0.2) is 5.82 Å². The Bertz CT molecular complexity index is 1210. The maximum Gasteiger partial charge on any atom is 0.226 e. The Kier molecular flexibility index (Phi) is 5.17. The van der Waals surface area contributed by atoms with Crippen LogP contribution in [-0.4, -0.2) is 51.1 Å². The van der Waals surface area contributed by atoms with Crippen LogP contribution >= 0.6 is 11.6 Å². The molecule has 0 spiro atoms. The first-order valence-corrected chi connectivity index (χ1v) is 10.1. The number of aromatic nitrogens is 5. The van der Waals surface area contributed by atoms with Crippen molar-refractivity contribution in [1.29, 1.82) is 0 Å². The van der Waals surface area contributed by atoms with E-state index in [-0.39, 0.29) is 5.02 Å². The Balaban J connectivity index is 1.38. The lowest BCUT2D eigenvalue weighted by molar-refractivity contribution is 0.628. The van der Waals surface area contributed by atoms with Gasteiger partial charge >= 0.3 is 0 Å². The number of rotatable bonds is 4. The van der Waals surface area contributed by atoms with Crippen molar-refractivity contribution in [2.24, 2.45) is 0 Å². The van der Waals surface area contributed by atoms with E-state index in [9.17, 15) is 4.39 Å². The molecule has 8 nitrogen and oxygen atoms in total. The van der Waals surface area contributed by atoms with Crippen molar-refractivity contribution in [2.75, 3.05) is 41.3 Å². The summed E-state index contributed by atoms with van der Waals surface area (Å²) in [5, 5.41) is 3.18. The van der Waals surface area contributed by atoms with Crippen LogP contribution in [0.5, 0.6) is 0 Å². The van der Waals surface area contributed by atoms with Gasteiger partial charge in [-0.1, -0.05) is 11.6 Å². The van der Waals surface area contributed by atoms with Gasteiger partial charge in [-0.15, -0.1) is 0 Å². The van der Waals surface area contributed by atoms with Crippen molar-refractivity contribution < 1.29 is 4.39 Å². The molecular weight excluding hydrogens is 419 g/mol. The number of piperazine rings is 1. The zero-order valence-electron chi connectivity index (χ0n) is 16.4. The Hall–Kier alpha value is -3.59. The Morgan fingerprint density at radius 2 is 1.71 bits per heavy atom. The summed E-state index contributed by atoms with van der Waals surface area (Å²) in [6.07, 6.45) is 6.73. The first kappa shape index (κ1) is 19.4. The summed E-state index contributed by atoms with van der Waals surface area (Å²) < 4.78 is 13.5. The van der Waals surface area contributed by atoms with Crippen molar-refractivity contribution >= 4 is 45.8 Å². The van der Waals surface area contributed by atoms with Gasteiger partial charge in [0.1, 0.15) is 23.2 Å². The van der Waals surface area contributed by atoms with Gasteiger partial charge in [0.05, 0.1) is 11.2 Å². The number of fused-ring (bicyclic) bond motifs is 1. The summed E-state index contributed by atoms with van der Waals surface area (Å²) in [5.74, 6) is 0.652. The van der Waals surface area contributed by atoms with Crippen LogP contribution in [0.3, 0.4) is 0 Å². The molecule has 0 aliphatic carbocycles. The highest BCUT2D eigenvalue weighted by atomic mass is 35.5. The van der Waals surface area contributed by atoms with Crippen molar-refractivity contribution in [3.63, 3.8) is 0 Å². The molecule has 1 aliphatic rings. The van der Waals surface area contributed by atoms with Crippen LogP contribution in [-0.2, 0) is 0 Å². The van der Waals surface area contributed by atoms with Crippen LogP contribution in [0.2, 0.25) is 5.02 Å². The Morgan fingerprint density at radius 3 is 2.48 bits per heavy atom. The first-order chi connectivity index (χ1) is 15.2. The van der Waals surface area contributed by atoms with Gasteiger partial charge in [0, 0.05) is 49.9 Å². The van der Waals surface area contributed by atoms with Crippen LogP contribution in [0.4, 0.5) is 27.5 Å². The van der Waals surface area contributed by atoms with E-state index in [4.69, 9.17) is 16.6 Å². The Morgan fingerprint density at radius 1 is 0.935 bits per heavy atom. The van der Waals surface area contributed by atoms with Crippen molar-refractivity contribution in [3.05, 3.63) is 66.1 Å². The number of nitrogens with one attached hydrogen (secondary N) is 1. The standard InChI is InChI=1S/C21H18ClFN8/c22-16-11-14(1-2-17(16)23)28-20-19-18(26-13-27-20)12-25-21(29-19)31-9-7-30(8-10-31)15-3-5-24-6-4-15/h1-6,11-13H,7-10H2,(H,26,27,28). The number of pyridine rings is 1. The average molecular weight is 437 g/mol. The van der Waals surface area contributed by atoms with E-state index in [0.29, 0.717) is 28.5 Å². The molecule has 0 unspecified atom stereocenters. The fraction of sp³-hybridized carbons (Fsp3) is 0.190. The van der Waals surface area contributed by atoms with Crippen LogP contribution in [0.1, 0.15) is 0 Å². The molecule has 1 aromatic carbocycles. The molecule has 0 amide bonds. The molecule has 1 saturated heterocycles. The van der Waals surface area contributed by atoms with Crippen LogP contribution in [0, 0.1) is 5.82 Å². The third-order valence-corrected chi connectivity index (χ3v) is 5.43. The van der Waals surface area contributed by atoms with E-state index in [1.807, 2.05) is 12.1 Å². The topological polar surface area (TPSA) is 83.0 Å². The predicted molar refractivity (Wildman–Crippen MR) is 118 cm³/mol. The maximum absolute atomic E-state index is 13.5. The monoisotopic (exact) mass is 436 g/mol. The number of halogens is 2. The minimum absolute atomic E-state index is 0.0331. The second-order valence-corrected chi connectivity index (χ2v) is 7.47. The van der Waals surface area contributed by atoms with E-state index >= 15 is 0 Å². The molecule has 1 N–H and O–H groups in total. The highest BCUT2D eigenvalue weighted by molar-refractivity contribution is 6.31.